The van der Waals surface area contributed by atoms with Gasteiger partial charge in [-0.2, -0.15) is 0 Å². The van der Waals surface area contributed by atoms with Crippen molar-refractivity contribution in [1.29, 1.82) is 0 Å². The van der Waals surface area contributed by atoms with Crippen LogP contribution in [0.2, 0.25) is 0 Å². The number of carbonyl (C=O) groups excluding carboxylic acids is 2. The summed E-state index contributed by atoms with van der Waals surface area (Å²) in [5.74, 6) is -1.47. The van der Waals surface area contributed by atoms with Gasteiger partial charge in [0.25, 0.3) is 0 Å². The van der Waals surface area contributed by atoms with Gasteiger partial charge in [-0.25, -0.2) is 0 Å². The average molecular weight is 418 g/mol. The van der Waals surface area contributed by atoms with Crippen molar-refractivity contribution in [3.05, 3.63) is 77.3 Å². The molecule has 0 N–H and O–H groups in total. The number of Topliss-reactive ketones (excluding diaryl/α,β-unsaturated/α-hetero) is 1. The molecule has 6 nitrogen and oxygen atoms in total. The minimum Gasteiger partial charge on any atom is -0.463 e. The van der Waals surface area contributed by atoms with Gasteiger partial charge in [0, 0.05) is 42.4 Å². The Bertz CT molecular complexity index is 1010. The number of esters is 1. The van der Waals surface area contributed by atoms with E-state index in [1.165, 1.54) is 0 Å². The quantitative estimate of drug-likeness (QED) is 0.526. The summed E-state index contributed by atoms with van der Waals surface area (Å²) in [5.41, 5.74) is 3.83. The molecule has 0 fully saturated rings. The van der Waals surface area contributed by atoms with Gasteiger partial charge in [0.1, 0.15) is 12.5 Å². The van der Waals surface area contributed by atoms with Crippen molar-refractivity contribution in [3.63, 3.8) is 0 Å². The van der Waals surface area contributed by atoms with Crippen LogP contribution in [0, 0.1) is 5.92 Å². The Morgan fingerprint density at radius 3 is 2.55 bits per heavy atom. The van der Waals surface area contributed by atoms with Gasteiger partial charge in [0.15, 0.2) is 5.78 Å². The summed E-state index contributed by atoms with van der Waals surface area (Å²) in [5, 5.41) is 0. The molecule has 1 aromatic heterocycles. The van der Waals surface area contributed by atoms with Crippen molar-refractivity contribution in [3.8, 4) is 0 Å². The molecule has 2 aliphatic rings. The molecule has 160 valence electrons. The number of aromatic nitrogens is 1. The average Bonchev–Trinajstić information content (AvgIpc) is 2.79. The highest BCUT2D eigenvalue weighted by molar-refractivity contribution is 6.09. The van der Waals surface area contributed by atoms with Crippen LogP contribution in [0.4, 0.5) is 0 Å². The number of rotatable bonds is 6. The molecule has 1 aliphatic heterocycles. The fraction of sp³-hybridized carbons (Fsp3) is 0.360. The molecule has 1 unspecified atom stereocenters. The van der Waals surface area contributed by atoms with E-state index in [1.807, 2.05) is 43.3 Å². The second-order valence-corrected chi connectivity index (χ2v) is 7.92. The number of methoxy groups -OCH3 is 1. The SMILES string of the molecule is COCCOC(=O)C1C(C)=NC2=C(C(=O)C[C@@H](c3ccccc3)C2)[C@H]1c1ccccn1. The number of ketones is 1. The number of nitrogens with zero attached hydrogens (tertiary/aromatic N) is 2. The maximum atomic E-state index is 13.4. The molecular weight excluding hydrogens is 392 g/mol. The van der Waals surface area contributed by atoms with Gasteiger partial charge in [-0.15, -0.1) is 0 Å². The largest absolute Gasteiger partial charge is 0.463 e. The Labute approximate surface area is 182 Å². The van der Waals surface area contributed by atoms with E-state index in [-0.39, 0.29) is 18.3 Å². The molecule has 4 rings (SSSR count). The van der Waals surface area contributed by atoms with E-state index >= 15 is 0 Å². The third-order valence-electron chi connectivity index (χ3n) is 5.95. The number of allylic oxidation sites excluding steroid dienone is 2. The van der Waals surface area contributed by atoms with Gasteiger partial charge >= 0.3 is 5.97 Å². The molecule has 1 aromatic carbocycles. The van der Waals surface area contributed by atoms with Crippen LogP contribution in [0.25, 0.3) is 0 Å². The molecule has 0 amide bonds. The first-order valence-electron chi connectivity index (χ1n) is 10.5. The lowest BCUT2D eigenvalue weighted by Gasteiger charge is -2.36. The molecule has 0 bridgehead atoms. The second kappa shape index (κ2) is 9.35. The first-order valence-corrected chi connectivity index (χ1v) is 10.5. The van der Waals surface area contributed by atoms with Crippen molar-refractivity contribution >= 4 is 17.5 Å². The molecule has 31 heavy (non-hydrogen) atoms. The van der Waals surface area contributed by atoms with Gasteiger partial charge in [-0.3, -0.25) is 19.6 Å². The Morgan fingerprint density at radius 1 is 1.06 bits per heavy atom. The van der Waals surface area contributed by atoms with Crippen LogP contribution < -0.4 is 0 Å². The first-order chi connectivity index (χ1) is 15.1. The first kappa shape index (κ1) is 21.1. The zero-order valence-electron chi connectivity index (χ0n) is 17.8. The molecule has 6 heteroatoms. The van der Waals surface area contributed by atoms with Crippen LogP contribution in [0.3, 0.4) is 0 Å². The van der Waals surface area contributed by atoms with Crippen molar-refractivity contribution in [2.24, 2.45) is 10.9 Å². The molecule has 0 saturated heterocycles. The summed E-state index contributed by atoms with van der Waals surface area (Å²) in [6.45, 7) is 2.30. The van der Waals surface area contributed by atoms with Crippen molar-refractivity contribution in [2.45, 2.75) is 31.6 Å². The molecule has 0 spiro atoms. The topological polar surface area (TPSA) is 77.9 Å². The smallest absolute Gasteiger partial charge is 0.315 e. The summed E-state index contributed by atoms with van der Waals surface area (Å²) in [4.78, 5) is 35.7. The van der Waals surface area contributed by atoms with Crippen LogP contribution in [0.5, 0.6) is 0 Å². The molecule has 0 radical (unpaired) electrons. The van der Waals surface area contributed by atoms with Gasteiger partial charge < -0.3 is 9.47 Å². The zero-order chi connectivity index (χ0) is 21.8. The lowest BCUT2D eigenvalue weighted by atomic mass is 9.70. The second-order valence-electron chi connectivity index (χ2n) is 7.92. The fourth-order valence-electron chi connectivity index (χ4n) is 4.52. The molecule has 2 aromatic rings. The third kappa shape index (κ3) is 4.35. The van der Waals surface area contributed by atoms with E-state index in [1.54, 1.807) is 13.3 Å². The van der Waals surface area contributed by atoms with E-state index in [0.29, 0.717) is 36.4 Å². The van der Waals surface area contributed by atoms with Gasteiger partial charge in [0.2, 0.25) is 0 Å². The molecular formula is C25H26N2O4. The van der Waals surface area contributed by atoms with E-state index < -0.39 is 17.8 Å². The fourth-order valence-corrected chi connectivity index (χ4v) is 4.52. The van der Waals surface area contributed by atoms with Gasteiger partial charge in [-0.1, -0.05) is 36.4 Å². The maximum Gasteiger partial charge on any atom is 0.315 e. The predicted molar refractivity (Wildman–Crippen MR) is 117 cm³/mol. The van der Waals surface area contributed by atoms with Crippen LogP contribution in [0.1, 0.15) is 42.9 Å². The maximum absolute atomic E-state index is 13.4. The normalized spacial score (nSPS) is 23.2. The van der Waals surface area contributed by atoms with Crippen molar-refractivity contribution < 1.29 is 19.1 Å². The highest BCUT2D eigenvalue weighted by atomic mass is 16.6. The van der Waals surface area contributed by atoms with Gasteiger partial charge in [0.05, 0.1) is 12.5 Å². The number of benzene rings is 1. The number of ether oxygens (including phenoxy) is 2. The van der Waals surface area contributed by atoms with Crippen LogP contribution in [-0.4, -0.2) is 42.8 Å². The van der Waals surface area contributed by atoms with Crippen molar-refractivity contribution in [1.82, 2.24) is 4.98 Å². The predicted octanol–water partition coefficient (Wildman–Crippen LogP) is 3.85. The number of hydrogen-bond acceptors (Lipinski definition) is 6. The van der Waals surface area contributed by atoms with E-state index in [4.69, 9.17) is 14.5 Å². The summed E-state index contributed by atoms with van der Waals surface area (Å²) < 4.78 is 10.4. The lowest BCUT2D eigenvalue weighted by Crippen LogP contribution is -2.38. The minimum atomic E-state index is -0.678. The highest BCUT2D eigenvalue weighted by Gasteiger charge is 2.45. The zero-order valence-corrected chi connectivity index (χ0v) is 17.8. The molecule has 0 saturated carbocycles. The van der Waals surface area contributed by atoms with E-state index in [2.05, 4.69) is 17.1 Å². The van der Waals surface area contributed by atoms with E-state index in [0.717, 1.165) is 11.3 Å². The summed E-state index contributed by atoms with van der Waals surface area (Å²) >= 11 is 0. The summed E-state index contributed by atoms with van der Waals surface area (Å²) in [6.07, 6.45) is 2.74. The van der Waals surface area contributed by atoms with Crippen LogP contribution in [-0.2, 0) is 19.1 Å². The van der Waals surface area contributed by atoms with Crippen molar-refractivity contribution in [2.75, 3.05) is 20.3 Å². The Morgan fingerprint density at radius 2 is 1.84 bits per heavy atom. The minimum absolute atomic E-state index is 0.0247. The lowest BCUT2D eigenvalue weighted by molar-refractivity contribution is -0.147. The van der Waals surface area contributed by atoms with E-state index in [9.17, 15) is 9.59 Å². The van der Waals surface area contributed by atoms with Crippen LogP contribution >= 0.6 is 0 Å². The molecule has 2 heterocycles. The van der Waals surface area contributed by atoms with Gasteiger partial charge in [-0.05, 0) is 37.0 Å². The number of pyridine rings is 1. The number of aliphatic imine (C=N–C) groups is 1. The Balaban J connectivity index is 1.73. The monoisotopic (exact) mass is 418 g/mol. The number of carbonyl (C=O) groups is 2. The van der Waals surface area contributed by atoms with Crippen LogP contribution in [0.15, 0.2) is 71.0 Å². The Kier molecular flexibility index (Phi) is 6.37. The highest BCUT2D eigenvalue weighted by Crippen LogP contribution is 2.46. The Hall–Kier alpha value is -3.12. The molecule has 1 aliphatic carbocycles. The third-order valence-corrected chi connectivity index (χ3v) is 5.95. The summed E-state index contributed by atoms with van der Waals surface area (Å²) in [7, 11) is 1.55. The number of hydrogen-bond donors (Lipinski definition) is 0. The summed E-state index contributed by atoms with van der Waals surface area (Å²) in [6, 6.07) is 15.6. The standard InChI is InChI=1S/C25H26N2O4/c1-16-22(25(29)31-13-12-30-2)24(19-10-6-7-11-26-19)23-20(27-16)14-18(15-21(23)28)17-8-4-3-5-9-17/h3-11,18,22,24H,12-15H2,1-2H3/t18-,22?,24-/m0/s1. The molecule has 3 atom stereocenters.